The van der Waals surface area contributed by atoms with E-state index in [1.165, 1.54) is 18.4 Å². The minimum atomic E-state index is -0.393. The van der Waals surface area contributed by atoms with Crippen LogP contribution in [0.5, 0.6) is 5.75 Å². The summed E-state index contributed by atoms with van der Waals surface area (Å²) in [6, 6.07) is 6.59. The molecule has 0 unspecified atom stereocenters. The minimum Gasteiger partial charge on any atom is -0.497 e. The molecule has 0 saturated carbocycles. The Hall–Kier alpha value is -2.50. The number of nitrogens with one attached hydrogen (secondary N) is 2. The lowest BCUT2D eigenvalue weighted by atomic mass is 9.97. The Bertz CT molecular complexity index is 702. The summed E-state index contributed by atoms with van der Waals surface area (Å²) in [6.45, 7) is 1.24. The van der Waals surface area contributed by atoms with E-state index in [0.717, 1.165) is 25.7 Å². The highest BCUT2D eigenvalue weighted by atomic mass is 16.5. The van der Waals surface area contributed by atoms with Crippen LogP contribution in [0.1, 0.15) is 44.9 Å². The van der Waals surface area contributed by atoms with Gasteiger partial charge in [-0.3, -0.25) is 4.79 Å². The number of urea groups is 1. The molecule has 146 valence electrons. The van der Waals surface area contributed by atoms with Crippen LogP contribution in [0.25, 0.3) is 0 Å². The van der Waals surface area contributed by atoms with E-state index in [4.69, 9.17) is 4.74 Å². The molecular weight excluding hydrogens is 342 g/mol. The first kappa shape index (κ1) is 19.3. The SMILES string of the molecule is COc1cccc(NC(=O)N2CCC[C@H]2C(=O)NCCC2=CCCCC2)c1. The summed E-state index contributed by atoms with van der Waals surface area (Å²) < 4.78 is 5.18. The fourth-order valence-electron chi connectivity index (χ4n) is 3.77. The second-order valence-electron chi connectivity index (χ2n) is 7.16. The zero-order valence-electron chi connectivity index (χ0n) is 16.0. The van der Waals surface area contributed by atoms with Crippen molar-refractivity contribution in [1.82, 2.24) is 10.2 Å². The molecule has 1 aliphatic heterocycles. The van der Waals surface area contributed by atoms with E-state index < -0.39 is 6.04 Å². The van der Waals surface area contributed by atoms with E-state index in [9.17, 15) is 9.59 Å². The third-order valence-corrected chi connectivity index (χ3v) is 5.27. The van der Waals surface area contributed by atoms with Gasteiger partial charge in [0.1, 0.15) is 11.8 Å². The number of ether oxygens (including phenoxy) is 1. The Morgan fingerprint density at radius 3 is 2.93 bits per heavy atom. The molecule has 1 atom stereocenters. The highest BCUT2D eigenvalue weighted by Crippen LogP contribution is 2.22. The van der Waals surface area contributed by atoms with Gasteiger partial charge in [-0.05, 0) is 57.1 Å². The standard InChI is InChI=1S/C21H29N3O3/c1-27-18-10-5-9-17(15-18)23-21(26)24-14-6-11-19(24)20(25)22-13-12-16-7-3-2-4-8-16/h5,7,9-10,15,19H,2-4,6,8,11-14H2,1H3,(H,22,25)(H,23,26)/t19-/m0/s1. The number of amides is 3. The highest BCUT2D eigenvalue weighted by molar-refractivity contribution is 5.94. The quantitative estimate of drug-likeness (QED) is 0.749. The van der Waals surface area contributed by atoms with Gasteiger partial charge in [0.2, 0.25) is 5.91 Å². The second kappa shape index (κ2) is 9.44. The van der Waals surface area contributed by atoms with Crippen LogP contribution >= 0.6 is 0 Å². The molecule has 3 rings (SSSR count). The van der Waals surface area contributed by atoms with Gasteiger partial charge in [-0.15, -0.1) is 0 Å². The summed E-state index contributed by atoms with van der Waals surface area (Å²) in [7, 11) is 1.59. The number of hydrogen-bond acceptors (Lipinski definition) is 3. The lowest BCUT2D eigenvalue weighted by Crippen LogP contribution is -2.47. The molecular formula is C21H29N3O3. The minimum absolute atomic E-state index is 0.0512. The maximum Gasteiger partial charge on any atom is 0.322 e. The first-order chi connectivity index (χ1) is 13.2. The highest BCUT2D eigenvalue weighted by Gasteiger charge is 2.34. The van der Waals surface area contributed by atoms with Crippen molar-refractivity contribution in [3.05, 3.63) is 35.9 Å². The van der Waals surface area contributed by atoms with Crippen molar-refractivity contribution in [2.45, 2.75) is 51.0 Å². The topological polar surface area (TPSA) is 70.7 Å². The Morgan fingerprint density at radius 1 is 1.26 bits per heavy atom. The number of hydrogen-bond donors (Lipinski definition) is 2. The summed E-state index contributed by atoms with van der Waals surface area (Å²) in [5.74, 6) is 0.630. The van der Waals surface area contributed by atoms with Crippen LogP contribution in [-0.2, 0) is 4.79 Å². The molecule has 1 saturated heterocycles. The largest absolute Gasteiger partial charge is 0.497 e. The van der Waals surface area contributed by atoms with Gasteiger partial charge in [0.05, 0.1) is 7.11 Å². The lowest BCUT2D eigenvalue weighted by Gasteiger charge is -2.24. The van der Waals surface area contributed by atoms with Crippen molar-refractivity contribution < 1.29 is 14.3 Å². The summed E-state index contributed by atoms with van der Waals surface area (Å²) in [4.78, 5) is 26.9. The molecule has 6 nitrogen and oxygen atoms in total. The first-order valence-corrected chi connectivity index (χ1v) is 9.84. The van der Waals surface area contributed by atoms with E-state index in [2.05, 4.69) is 16.7 Å². The van der Waals surface area contributed by atoms with Crippen molar-refractivity contribution in [3.63, 3.8) is 0 Å². The number of carbonyl (C=O) groups excluding carboxylic acids is 2. The third-order valence-electron chi connectivity index (χ3n) is 5.27. The molecule has 0 radical (unpaired) electrons. The predicted octanol–water partition coefficient (Wildman–Crippen LogP) is 3.70. The van der Waals surface area contributed by atoms with Crippen LogP contribution in [0.2, 0.25) is 0 Å². The zero-order chi connectivity index (χ0) is 19.1. The fourth-order valence-corrected chi connectivity index (χ4v) is 3.77. The number of anilines is 1. The predicted molar refractivity (Wildman–Crippen MR) is 106 cm³/mol. The average molecular weight is 371 g/mol. The Labute approximate surface area is 161 Å². The van der Waals surface area contributed by atoms with Gasteiger partial charge in [0.15, 0.2) is 0 Å². The number of methoxy groups -OCH3 is 1. The summed E-state index contributed by atoms with van der Waals surface area (Å²) >= 11 is 0. The average Bonchev–Trinajstić information content (AvgIpc) is 3.19. The van der Waals surface area contributed by atoms with Crippen molar-refractivity contribution in [2.75, 3.05) is 25.5 Å². The fraction of sp³-hybridized carbons (Fsp3) is 0.524. The molecule has 1 heterocycles. The molecule has 2 aliphatic rings. The second-order valence-corrected chi connectivity index (χ2v) is 7.16. The van der Waals surface area contributed by atoms with Gasteiger partial charge in [0.25, 0.3) is 0 Å². The van der Waals surface area contributed by atoms with E-state index in [1.807, 2.05) is 18.2 Å². The Balaban J connectivity index is 1.51. The van der Waals surface area contributed by atoms with Gasteiger partial charge in [-0.25, -0.2) is 4.79 Å². The van der Waals surface area contributed by atoms with Crippen LogP contribution in [-0.4, -0.2) is 43.1 Å². The zero-order valence-corrected chi connectivity index (χ0v) is 16.0. The van der Waals surface area contributed by atoms with Gasteiger partial charge >= 0.3 is 6.03 Å². The van der Waals surface area contributed by atoms with Crippen molar-refractivity contribution in [2.24, 2.45) is 0 Å². The molecule has 1 aromatic carbocycles. The summed E-state index contributed by atoms with van der Waals surface area (Å²) in [6.07, 6.45) is 9.59. The van der Waals surface area contributed by atoms with E-state index in [-0.39, 0.29) is 11.9 Å². The van der Waals surface area contributed by atoms with Crippen LogP contribution in [0.3, 0.4) is 0 Å². The lowest BCUT2D eigenvalue weighted by molar-refractivity contribution is -0.124. The van der Waals surface area contributed by atoms with E-state index >= 15 is 0 Å². The molecule has 1 fully saturated rings. The first-order valence-electron chi connectivity index (χ1n) is 9.84. The van der Waals surface area contributed by atoms with E-state index in [1.54, 1.807) is 18.1 Å². The smallest absolute Gasteiger partial charge is 0.322 e. The van der Waals surface area contributed by atoms with Crippen LogP contribution in [0.4, 0.5) is 10.5 Å². The molecule has 3 amide bonds. The normalized spacial score (nSPS) is 19.4. The third kappa shape index (κ3) is 5.25. The van der Waals surface area contributed by atoms with Gasteiger partial charge in [0, 0.05) is 24.8 Å². The Kier molecular flexibility index (Phi) is 6.74. The molecule has 27 heavy (non-hydrogen) atoms. The monoisotopic (exact) mass is 371 g/mol. The van der Waals surface area contributed by atoms with E-state index in [0.29, 0.717) is 30.9 Å². The number of benzene rings is 1. The number of rotatable bonds is 6. The van der Waals surface area contributed by atoms with Gasteiger partial charge < -0.3 is 20.3 Å². The molecule has 1 aromatic rings. The summed E-state index contributed by atoms with van der Waals surface area (Å²) in [5, 5.41) is 5.89. The van der Waals surface area contributed by atoms with Gasteiger partial charge in [-0.2, -0.15) is 0 Å². The van der Waals surface area contributed by atoms with Crippen LogP contribution < -0.4 is 15.4 Å². The maximum atomic E-state index is 12.6. The molecule has 6 heteroatoms. The van der Waals surface area contributed by atoms with Crippen molar-refractivity contribution in [3.8, 4) is 5.75 Å². The summed E-state index contributed by atoms with van der Waals surface area (Å²) in [5.41, 5.74) is 2.11. The molecule has 1 aliphatic carbocycles. The van der Waals surface area contributed by atoms with Crippen LogP contribution in [0.15, 0.2) is 35.9 Å². The van der Waals surface area contributed by atoms with Crippen LogP contribution in [0, 0.1) is 0 Å². The van der Waals surface area contributed by atoms with Gasteiger partial charge in [-0.1, -0.05) is 17.7 Å². The van der Waals surface area contributed by atoms with Crippen molar-refractivity contribution >= 4 is 17.6 Å². The molecule has 0 spiro atoms. The number of nitrogens with zero attached hydrogens (tertiary/aromatic N) is 1. The van der Waals surface area contributed by atoms with Crippen molar-refractivity contribution in [1.29, 1.82) is 0 Å². The molecule has 0 aromatic heterocycles. The molecule has 2 N–H and O–H groups in total. The number of allylic oxidation sites excluding steroid dienone is 1. The Morgan fingerprint density at radius 2 is 2.15 bits per heavy atom. The molecule has 0 bridgehead atoms. The number of carbonyl (C=O) groups is 2. The maximum absolute atomic E-state index is 12.6. The number of likely N-dealkylation sites (tertiary alicyclic amines) is 1.